The average molecular weight is 215 g/mol. The second kappa shape index (κ2) is 3.72. The minimum absolute atomic E-state index is 0.0222. The van der Waals surface area contributed by atoms with Gasteiger partial charge in [-0.05, 0) is 54.0 Å². The van der Waals surface area contributed by atoms with Crippen LogP contribution in [0.2, 0.25) is 0 Å². The summed E-state index contributed by atoms with van der Waals surface area (Å²) >= 11 is 0. The highest BCUT2D eigenvalue weighted by molar-refractivity contribution is 5.04. The number of nitrogens with zero attached hydrogens (tertiary/aromatic N) is 1. The molecule has 1 saturated heterocycles. The zero-order valence-corrected chi connectivity index (χ0v) is 10.7. The highest BCUT2D eigenvalue weighted by atomic mass is 16.3. The summed E-state index contributed by atoms with van der Waals surface area (Å²) < 4.78 is 0. The lowest BCUT2D eigenvalue weighted by molar-refractivity contribution is -0.131. The number of aliphatic hydroxyl groups excluding tert-OH is 1. The molecule has 0 aromatic heterocycles. The summed E-state index contributed by atoms with van der Waals surface area (Å²) in [4.78, 5) is 2.33. The molecular weight excluding hydrogens is 190 g/mol. The van der Waals surface area contributed by atoms with E-state index in [4.69, 9.17) is 5.11 Å². The monoisotopic (exact) mass is 215 g/mol. The number of piperidine rings is 1. The van der Waals surface area contributed by atoms with E-state index in [-0.39, 0.29) is 17.7 Å². The van der Waals surface area contributed by atoms with Crippen LogP contribution in [0.1, 0.15) is 47.0 Å². The van der Waals surface area contributed by atoms with Crippen LogP contribution >= 0.6 is 0 Å². The quantitative estimate of drug-likeness (QED) is 0.731. The first kappa shape index (κ1) is 12.9. The molecule has 3 heteroatoms. The van der Waals surface area contributed by atoms with Gasteiger partial charge < -0.3 is 10.2 Å². The summed E-state index contributed by atoms with van der Waals surface area (Å²) in [5.41, 5.74) is -0.758. The lowest BCUT2D eigenvalue weighted by Crippen LogP contribution is -2.64. The summed E-state index contributed by atoms with van der Waals surface area (Å²) in [6.07, 6.45) is 1.93. The van der Waals surface area contributed by atoms with Crippen molar-refractivity contribution in [1.82, 2.24) is 4.90 Å². The average Bonchev–Trinajstić information content (AvgIpc) is 1.98. The van der Waals surface area contributed by atoms with Gasteiger partial charge in [0.05, 0.1) is 5.60 Å². The Kier molecular flexibility index (Phi) is 3.21. The first-order valence-electron chi connectivity index (χ1n) is 5.70. The predicted molar refractivity (Wildman–Crippen MR) is 61.8 cm³/mol. The van der Waals surface area contributed by atoms with Gasteiger partial charge in [-0.1, -0.05) is 0 Å². The number of hydrogen-bond acceptors (Lipinski definition) is 3. The fourth-order valence-electron chi connectivity index (χ4n) is 3.11. The lowest BCUT2D eigenvalue weighted by Gasteiger charge is -2.56. The molecule has 90 valence electrons. The molecule has 0 radical (unpaired) electrons. The maximum absolute atomic E-state index is 10.5. The Bertz CT molecular complexity index is 218. The van der Waals surface area contributed by atoms with Gasteiger partial charge in [-0.25, -0.2) is 0 Å². The van der Waals surface area contributed by atoms with E-state index in [2.05, 4.69) is 39.6 Å². The molecule has 0 aromatic carbocycles. The Morgan fingerprint density at radius 1 is 1.07 bits per heavy atom. The van der Waals surface area contributed by atoms with Gasteiger partial charge in [0.25, 0.3) is 0 Å². The lowest BCUT2D eigenvalue weighted by atomic mass is 9.70. The minimum Gasteiger partial charge on any atom is -0.396 e. The Labute approximate surface area is 93.1 Å². The van der Waals surface area contributed by atoms with E-state index in [0.29, 0.717) is 6.42 Å². The summed E-state index contributed by atoms with van der Waals surface area (Å²) in [7, 11) is 2.11. The molecule has 1 fully saturated rings. The molecule has 0 saturated carbocycles. The molecule has 0 aliphatic carbocycles. The van der Waals surface area contributed by atoms with Gasteiger partial charge in [0.1, 0.15) is 0 Å². The van der Waals surface area contributed by atoms with Crippen LogP contribution in [0.25, 0.3) is 0 Å². The molecule has 0 aromatic rings. The van der Waals surface area contributed by atoms with E-state index < -0.39 is 5.60 Å². The van der Waals surface area contributed by atoms with E-state index in [0.717, 1.165) is 12.8 Å². The van der Waals surface area contributed by atoms with Gasteiger partial charge in [0, 0.05) is 17.7 Å². The smallest absolute Gasteiger partial charge is 0.0704 e. The molecular formula is C12H25NO2. The Morgan fingerprint density at radius 2 is 1.47 bits per heavy atom. The van der Waals surface area contributed by atoms with Crippen molar-refractivity contribution < 1.29 is 10.2 Å². The molecule has 0 spiro atoms. The third-order valence-electron chi connectivity index (χ3n) is 3.92. The summed E-state index contributed by atoms with van der Waals surface area (Å²) in [5, 5.41) is 19.5. The van der Waals surface area contributed by atoms with Crippen LogP contribution in [0.15, 0.2) is 0 Å². The fourth-order valence-corrected chi connectivity index (χ4v) is 3.11. The highest BCUT2D eigenvalue weighted by Crippen LogP contribution is 2.43. The maximum Gasteiger partial charge on any atom is 0.0704 e. The third-order valence-corrected chi connectivity index (χ3v) is 3.92. The number of hydrogen-bond donors (Lipinski definition) is 2. The molecule has 0 unspecified atom stereocenters. The van der Waals surface area contributed by atoms with E-state index in [1.54, 1.807) is 0 Å². The summed E-state index contributed by atoms with van der Waals surface area (Å²) in [5.74, 6) is 0. The molecule has 1 rings (SSSR count). The van der Waals surface area contributed by atoms with Gasteiger partial charge in [-0.2, -0.15) is 0 Å². The van der Waals surface area contributed by atoms with Crippen LogP contribution in [0.3, 0.4) is 0 Å². The highest BCUT2D eigenvalue weighted by Gasteiger charge is 2.49. The van der Waals surface area contributed by atoms with Crippen molar-refractivity contribution in [2.45, 2.75) is 63.6 Å². The summed E-state index contributed by atoms with van der Waals surface area (Å²) in [6.45, 7) is 8.66. The van der Waals surface area contributed by atoms with Gasteiger partial charge in [0.2, 0.25) is 0 Å². The van der Waals surface area contributed by atoms with Crippen molar-refractivity contribution in [2.75, 3.05) is 13.7 Å². The first-order chi connectivity index (χ1) is 6.63. The molecule has 1 heterocycles. The summed E-state index contributed by atoms with van der Waals surface area (Å²) in [6, 6.07) is 0. The zero-order valence-electron chi connectivity index (χ0n) is 10.7. The molecule has 0 bridgehead atoms. The van der Waals surface area contributed by atoms with Gasteiger partial charge in [-0.3, -0.25) is 4.90 Å². The van der Waals surface area contributed by atoms with Crippen LogP contribution in [0, 0.1) is 0 Å². The van der Waals surface area contributed by atoms with Crippen LogP contribution in [0.4, 0.5) is 0 Å². The van der Waals surface area contributed by atoms with Crippen molar-refractivity contribution >= 4 is 0 Å². The van der Waals surface area contributed by atoms with E-state index in [9.17, 15) is 5.11 Å². The number of aliphatic hydroxyl groups is 2. The third kappa shape index (κ3) is 2.52. The minimum atomic E-state index is -0.714. The number of likely N-dealkylation sites (tertiary alicyclic amines) is 1. The van der Waals surface area contributed by atoms with Crippen molar-refractivity contribution in [3.63, 3.8) is 0 Å². The Morgan fingerprint density at radius 3 is 1.80 bits per heavy atom. The van der Waals surface area contributed by atoms with Crippen LogP contribution in [0.5, 0.6) is 0 Å². The van der Waals surface area contributed by atoms with E-state index in [1.165, 1.54) is 0 Å². The molecule has 0 atom stereocenters. The molecule has 0 amide bonds. The van der Waals surface area contributed by atoms with Crippen LogP contribution < -0.4 is 0 Å². The second-order valence-corrected chi connectivity index (χ2v) is 6.24. The molecule has 3 nitrogen and oxygen atoms in total. The predicted octanol–water partition coefficient (Wildman–Crippen LogP) is 1.38. The molecule has 2 N–H and O–H groups in total. The topological polar surface area (TPSA) is 43.7 Å². The van der Waals surface area contributed by atoms with Crippen molar-refractivity contribution in [1.29, 1.82) is 0 Å². The van der Waals surface area contributed by atoms with Crippen LogP contribution in [-0.2, 0) is 0 Å². The van der Waals surface area contributed by atoms with Crippen LogP contribution in [-0.4, -0.2) is 45.4 Å². The van der Waals surface area contributed by atoms with Crippen molar-refractivity contribution in [3.8, 4) is 0 Å². The maximum atomic E-state index is 10.5. The Balaban J connectivity index is 2.93. The number of rotatable bonds is 2. The van der Waals surface area contributed by atoms with E-state index >= 15 is 0 Å². The van der Waals surface area contributed by atoms with Crippen molar-refractivity contribution in [2.24, 2.45) is 0 Å². The SMILES string of the molecule is CN1C(C)(C)CC(O)(CCO)CC1(C)C. The zero-order chi connectivity index (χ0) is 11.9. The first-order valence-corrected chi connectivity index (χ1v) is 5.70. The Hall–Kier alpha value is -0.120. The van der Waals surface area contributed by atoms with Gasteiger partial charge in [0.15, 0.2) is 0 Å². The standard InChI is InChI=1S/C12H25NO2/c1-10(2)8-12(15,6-7-14)9-11(3,4)13(10)5/h14-15H,6-9H2,1-5H3. The molecule has 15 heavy (non-hydrogen) atoms. The fraction of sp³-hybridized carbons (Fsp3) is 1.00. The normalized spacial score (nSPS) is 29.0. The van der Waals surface area contributed by atoms with Gasteiger partial charge in [-0.15, -0.1) is 0 Å². The second-order valence-electron chi connectivity index (χ2n) is 6.24. The van der Waals surface area contributed by atoms with Gasteiger partial charge >= 0.3 is 0 Å². The largest absolute Gasteiger partial charge is 0.396 e. The van der Waals surface area contributed by atoms with E-state index in [1.807, 2.05) is 0 Å². The molecule has 1 aliphatic heterocycles. The van der Waals surface area contributed by atoms with Crippen molar-refractivity contribution in [3.05, 3.63) is 0 Å². The molecule has 1 aliphatic rings.